The molecule has 1 N–H and O–H groups in total. The standard InChI is InChI=1S/C16H25NO6S/c1-6-17(7-8-23-10-15(18)19)24(20,21)16-11(2)9-14(22-5)12(3)13(16)4/h9H,6-8,10H2,1-5H3,(H,18,19). The highest BCUT2D eigenvalue weighted by Gasteiger charge is 2.28. The Morgan fingerprint density at radius 3 is 2.38 bits per heavy atom. The molecule has 0 aliphatic heterocycles. The first-order valence-electron chi connectivity index (χ1n) is 7.61. The third-order valence-electron chi connectivity index (χ3n) is 3.86. The topological polar surface area (TPSA) is 93.1 Å². The molecule has 0 amide bonds. The van der Waals surface area contributed by atoms with E-state index in [0.29, 0.717) is 16.9 Å². The molecular formula is C16H25NO6S. The van der Waals surface area contributed by atoms with E-state index in [-0.39, 0.29) is 24.6 Å². The number of hydrogen-bond acceptors (Lipinski definition) is 5. The van der Waals surface area contributed by atoms with Crippen molar-refractivity contribution in [1.82, 2.24) is 4.31 Å². The van der Waals surface area contributed by atoms with Crippen molar-refractivity contribution in [3.8, 4) is 5.75 Å². The lowest BCUT2D eigenvalue weighted by Crippen LogP contribution is -2.35. The smallest absolute Gasteiger partial charge is 0.329 e. The Hall–Kier alpha value is -1.64. The quantitative estimate of drug-likeness (QED) is 0.675. The van der Waals surface area contributed by atoms with Crippen LogP contribution in [0.2, 0.25) is 0 Å². The van der Waals surface area contributed by atoms with Crippen molar-refractivity contribution in [2.45, 2.75) is 32.6 Å². The average Bonchev–Trinajstić information content (AvgIpc) is 2.50. The van der Waals surface area contributed by atoms with E-state index < -0.39 is 22.6 Å². The van der Waals surface area contributed by atoms with Gasteiger partial charge in [-0.3, -0.25) is 0 Å². The van der Waals surface area contributed by atoms with Crippen molar-refractivity contribution in [2.24, 2.45) is 0 Å². The summed E-state index contributed by atoms with van der Waals surface area (Å²) in [6, 6.07) is 1.71. The number of hydrogen-bond donors (Lipinski definition) is 1. The minimum absolute atomic E-state index is 0.0204. The normalized spacial score (nSPS) is 11.8. The fraction of sp³-hybridized carbons (Fsp3) is 0.562. The van der Waals surface area contributed by atoms with E-state index in [9.17, 15) is 13.2 Å². The molecule has 0 heterocycles. The van der Waals surface area contributed by atoms with Crippen molar-refractivity contribution < 1.29 is 27.8 Å². The lowest BCUT2D eigenvalue weighted by Gasteiger charge is -2.24. The van der Waals surface area contributed by atoms with E-state index in [2.05, 4.69) is 0 Å². The van der Waals surface area contributed by atoms with Gasteiger partial charge < -0.3 is 14.6 Å². The van der Waals surface area contributed by atoms with Gasteiger partial charge in [-0.1, -0.05) is 6.92 Å². The maximum atomic E-state index is 13.0. The van der Waals surface area contributed by atoms with Gasteiger partial charge in [-0.2, -0.15) is 4.31 Å². The molecular weight excluding hydrogens is 334 g/mol. The largest absolute Gasteiger partial charge is 0.496 e. The number of rotatable bonds is 9. The summed E-state index contributed by atoms with van der Waals surface area (Å²) in [6.07, 6.45) is 0. The highest BCUT2D eigenvalue weighted by atomic mass is 32.2. The van der Waals surface area contributed by atoms with Crippen LogP contribution in [-0.4, -0.2) is 57.2 Å². The Bertz CT molecular complexity index is 699. The Kier molecular flexibility index (Phi) is 7.19. The number of benzene rings is 1. The summed E-state index contributed by atoms with van der Waals surface area (Å²) < 4.78 is 37.5. The summed E-state index contributed by atoms with van der Waals surface area (Å²) in [5, 5.41) is 8.56. The second kappa shape index (κ2) is 8.46. The van der Waals surface area contributed by atoms with Gasteiger partial charge in [-0.05, 0) is 43.5 Å². The minimum Gasteiger partial charge on any atom is -0.496 e. The van der Waals surface area contributed by atoms with Crippen LogP contribution in [0, 0.1) is 20.8 Å². The molecule has 8 heteroatoms. The molecule has 1 rings (SSSR count). The number of likely N-dealkylation sites (N-methyl/N-ethyl adjacent to an activating group) is 1. The fourth-order valence-corrected chi connectivity index (χ4v) is 4.45. The van der Waals surface area contributed by atoms with Crippen molar-refractivity contribution in [1.29, 1.82) is 0 Å². The number of carboxylic acids is 1. The van der Waals surface area contributed by atoms with E-state index >= 15 is 0 Å². The second-order valence-electron chi connectivity index (χ2n) is 5.42. The molecule has 1 aromatic rings. The predicted octanol–water partition coefficient (Wildman–Crippen LogP) is 1.73. The van der Waals surface area contributed by atoms with E-state index in [0.717, 1.165) is 5.56 Å². The molecule has 0 fully saturated rings. The number of methoxy groups -OCH3 is 1. The molecule has 7 nitrogen and oxygen atoms in total. The third kappa shape index (κ3) is 4.46. The van der Waals surface area contributed by atoms with Gasteiger partial charge >= 0.3 is 5.97 Å². The highest BCUT2D eigenvalue weighted by Crippen LogP contribution is 2.32. The molecule has 136 valence electrons. The van der Waals surface area contributed by atoms with Gasteiger partial charge in [-0.25, -0.2) is 13.2 Å². The summed E-state index contributed by atoms with van der Waals surface area (Å²) >= 11 is 0. The zero-order chi connectivity index (χ0) is 18.5. The first-order chi connectivity index (χ1) is 11.2. The van der Waals surface area contributed by atoms with Gasteiger partial charge in [0.15, 0.2) is 0 Å². The lowest BCUT2D eigenvalue weighted by molar-refractivity contribution is -0.142. The first kappa shape index (κ1) is 20.4. The van der Waals surface area contributed by atoms with Gasteiger partial charge in [0.25, 0.3) is 0 Å². The van der Waals surface area contributed by atoms with Crippen LogP contribution in [0.15, 0.2) is 11.0 Å². The Morgan fingerprint density at radius 1 is 1.25 bits per heavy atom. The molecule has 0 aromatic heterocycles. The Labute approximate surface area is 143 Å². The third-order valence-corrected chi connectivity index (χ3v) is 6.12. The van der Waals surface area contributed by atoms with Gasteiger partial charge in [0.05, 0.1) is 18.6 Å². The summed E-state index contributed by atoms with van der Waals surface area (Å²) in [5.41, 5.74) is 2.04. The minimum atomic E-state index is -3.71. The first-order valence-corrected chi connectivity index (χ1v) is 9.05. The number of carboxylic acid groups (broad SMARTS) is 1. The number of aryl methyl sites for hydroxylation is 1. The lowest BCUT2D eigenvalue weighted by atomic mass is 10.1. The van der Waals surface area contributed by atoms with Crippen LogP contribution in [0.5, 0.6) is 5.75 Å². The molecule has 0 aliphatic rings. The second-order valence-corrected chi connectivity index (χ2v) is 7.29. The summed E-state index contributed by atoms with van der Waals surface area (Å²) in [6.45, 7) is 6.97. The molecule has 1 aromatic carbocycles. The van der Waals surface area contributed by atoms with Gasteiger partial charge in [-0.15, -0.1) is 0 Å². The van der Waals surface area contributed by atoms with Crippen LogP contribution < -0.4 is 4.74 Å². The van der Waals surface area contributed by atoms with Crippen LogP contribution >= 0.6 is 0 Å². The molecule has 0 spiro atoms. The van der Waals surface area contributed by atoms with Gasteiger partial charge in [0.1, 0.15) is 12.4 Å². The summed E-state index contributed by atoms with van der Waals surface area (Å²) in [7, 11) is -2.16. The molecule has 0 unspecified atom stereocenters. The number of nitrogens with zero attached hydrogens (tertiary/aromatic N) is 1. The Balaban J connectivity index is 3.13. The maximum Gasteiger partial charge on any atom is 0.329 e. The molecule has 0 saturated carbocycles. The Morgan fingerprint density at radius 2 is 1.88 bits per heavy atom. The molecule has 0 radical (unpaired) electrons. The molecule has 24 heavy (non-hydrogen) atoms. The zero-order valence-corrected chi connectivity index (χ0v) is 15.6. The average molecular weight is 359 g/mol. The van der Waals surface area contributed by atoms with Crippen LogP contribution in [-0.2, 0) is 19.6 Å². The van der Waals surface area contributed by atoms with Crippen molar-refractivity contribution in [3.63, 3.8) is 0 Å². The van der Waals surface area contributed by atoms with E-state index in [1.165, 1.54) is 4.31 Å². The number of sulfonamides is 1. The number of aliphatic carboxylic acids is 1. The maximum absolute atomic E-state index is 13.0. The van der Waals surface area contributed by atoms with Crippen LogP contribution in [0.3, 0.4) is 0 Å². The number of carbonyl (C=O) groups is 1. The van der Waals surface area contributed by atoms with E-state index in [1.807, 2.05) is 6.92 Å². The van der Waals surface area contributed by atoms with E-state index in [1.54, 1.807) is 33.9 Å². The monoisotopic (exact) mass is 359 g/mol. The van der Waals surface area contributed by atoms with Crippen molar-refractivity contribution in [2.75, 3.05) is 33.4 Å². The van der Waals surface area contributed by atoms with Crippen LogP contribution in [0.1, 0.15) is 23.6 Å². The highest BCUT2D eigenvalue weighted by molar-refractivity contribution is 7.89. The summed E-state index contributed by atoms with van der Waals surface area (Å²) in [5.74, 6) is -0.435. The fourth-order valence-electron chi connectivity index (χ4n) is 2.53. The molecule has 0 bridgehead atoms. The van der Waals surface area contributed by atoms with Gasteiger partial charge in [0, 0.05) is 13.1 Å². The predicted molar refractivity (Wildman–Crippen MR) is 90.1 cm³/mol. The molecule has 0 aliphatic carbocycles. The van der Waals surface area contributed by atoms with Crippen LogP contribution in [0.25, 0.3) is 0 Å². The summed E-state index contributed by atoms with van der Waals surface area (Å²) in [4.78, 5) is 10.7. The zero-order valence-electron chi connectivity index (χ0n) is 14.7. The van der Waals surface area contributed by atoms with Crippen LogP contribution in [0.4, 0.5) is 0 Å². The SMILES string of the molecule is CCN(CCOCC(=O)O)S(=O)(=O)c1c(C)cc(OC)c(C)c1C. The molecule has 0 saturated heterocycles. The van der Waals surface area contributed by atoms with Crippen molar-refractivity contribution in [3.05, 3.63) is 22.8 Å². The van der Waals surface area contributed by atoms with E-state index in [4.69, 9.17) is 14.6 Å². The molecule has 0 atom stereocenters. The van der Waals surface area contributed by atoms with Crippen molar-refractivity contribution >= 4 is 16.0 Å². The number of ether oxygens (including phenoxy) is 2. The van der Waals surface area contributed by atoms with Gasteiger partial charge in [0.2, 0.25) is 10.0 Å².